The molecule has 0 atom stereocenters. The molecule has 0 unspecified atom stereocenters. The van der Waals surface area contributed by atoms with Gasteiger partial charge < -0.3 is 10.2 Å². The predicted octanol–water partition coefficient (Wildman–Crippen LogP) is 2.94. The van der Waals surface area contributed by atoms with E-state index in [0.717, 1.165) is 12.1 Å². The van der Waals surface area contributed by atoms with E-state index < -0.39 is 0 Å². The van der Waals surface area contributed by atoms with Crippen LogP contribution in [0.5, 0.6) is 0 Å². The molecule has 1 aromatic carbocycles. The van der Waals surface area contributed by atoms with Crippen LogP contribution in [-0.4, -0.2) is 25.1 Å². The maximum absolute atomic E-state index is 4.53. The van der Waals surface area contributed by atoms with Crippen LogP contribution >= 0.6 is 0 Å². The maximum Gasteiger partial charge on any atom is 0.0703 e. The lowest BCUT2D eigenvalue weighted by molar-refractivity contribution is 0.578. The standard InChI is InChI=1S/C16H21N3/c1-17-11-13-9-14-10-15(5-6-16(14)18-12-13)19-7-3-2-4-8-19/h5-6,9-10,12,17H,2-4,7-8,11H2,1H3. The van der Waals surface area contributed by atoms with Crippen LogP contribution in [0.4, 0.5) is 5.69 Å². The molecule has 1 fully saturated rings. The summed E-state index contributed by atoms with van der Waals surface area (Å²) in [4.78, 5) is 7.02. The van der Waals surface area contributed by atoms with Gasteiger partial charge in [0.1, 0.15) is 0 Å². The number of anilines is 1. The summed E-state index contributed by atoms with van der Waals surface area (Å²) in [7, 11) is 1.97. The highest BCUT2D eigenvalue weighted by Gasteiger charge is 2.11. The number of nitrogens with one attached hydrogen (secondary N) is 1. The van der Waals surface area contributed by atoms with Gasteiger partial charge in [-0.1, -0.05) is 0 Å². The molecule has 0 radical (unpaired) electrons. The first-order chi connectivity index (χ1) is 9.36. The van der Waals surface area contributed by atoms with E-state index in [2.05, 4.69) is 39.5 Å². The highest BCUT2D eigenvalue weighted by atomic mass is 15.1. The molecule has 1 aromatic heterocycles. The van der Waals surface area contributed by atoms with Crippen LogP contribution in [-0.2, 0) is 6.54 Å². The fourth-order valence-electron chi connectivity index (χ4n) is 2.81. The lowest BCUT2D eigenvalue weighted by Gasteiger charge is -2.29. The van der Waals surface area contributed by atoms with Crippen molar-refractivity contribution >= 4 is 16.6 Å². The van der Waals surface area contributed by atoms with Crippen LogP contribution in [0.1, 0.15) is 24.8 Å². The number of pyridine rings is 1. The van der Waals surface area contributed by atoms with Gasteiger partial charge in [0.2, 0.25) is 0 Å². The molecule has 3 nitrogen and oxygen atoms in total. The van der Waals surface area contributed by atoms with Crippen molar-refractivity contribution in [3.8, 4) is 0 Å². The molecule has 1 aliphatic rings. The molecule has 1 aliphatic heterocycles. The summed E-state index contributed by atoms with van der Waals surface area (Å²) < 4.78 is 0. The fourth-order valence-corrected chi connectivity index (χ4v) is 2.81. The zero-order valence-electron chi connectivity index (χ0n) is 11.5. The smallest absolute Gasteiger partial charge is 0.0703 e. The molecule has 0 saturated carbocycles. The molecule has 0 bridgehead atoms. The molecular weight excluding hydrogens is 234 g/mol. The Labute approximate surface area is 114 Å². The van der Waals surface area contributed by atoms with Gasteiger partial charge in [0.25, 0.3) is 0 Å². The second-order valence-corrected chi connectivity index (χ2v) is 5.30. The Kier molecular flexibility index (Phi) is 3.65. The summed E-state index contributed by atoms with van der Waals surface area (Å²) in [6, 6.07) is 8.87. The van der Waals surface area contributed by atoms with E-state index in [4.69, 9.17) is 0 Å². The molecule has 0 spiro atoms. The van der Waals surface area contributed by atoms with Crippen molar-refractivity contribution in [3.63, 3.8) is 0 Å². The Hall–Kier alpha value is -1.61. The molecule has 0 aliphatic carbocycles. The molecule has 3 rings (SSSR count). The Balaban J connectivity index is 1.93. The van der Waals surface area contributed by atoms with Crippen molar-refractivity contribution < 1.29 is 0 Å². The zero-order chi connectivity index (χ0) is 13.1. The van der Waals surface area contributed by atoms with Gasteiger partial charge in [-0.05, 0) is 56.1 Å². The van der Waals surface area contributed by atoms with Gasteiger partial charge in [0.15, 0.2) is 0 Å². The van der Waals surface area contributed by atoms with E-state index >= 15 is 0 Å². The Morgan fingerprint density at radius 1 is 1.16 bits per heavy atom. The van der Waals surface area contributed by atoms with Crippen LogP contribution in [0.2, 0.25) is 0 Å². The molecule has 2 aromatic rings. The number of rotatable bonds is 3. The number of aromatic nitrogens is 1. The Bertz CT molecular complexity index is 559. The normalized spacial score (nSPS) is 15.9. The topological polar surface area (TPSA) is 28.2 Å². The van der Waals surface area contributed by atoms with Gasteiger partial charge in [-0.3, -0.25) is 4.98 Å². The third kappa shape index (κ3) is 2.71. The van der Waals surface area contributed by atoms with Gasteiger partial charge >= 0.3 is 0 Å². The van der Waals surface area contributed by atoms with Gasteiger partial charge in [-0.2, -0.15) is 0 Å². The summed E-state index contributed by atoms with van der Waals surface area (Å²) in [5.74, 6) is 0. The van der Waals surface area contributed by atoms with Crippen LogP contribution in [0.15, 0.2) is 30.5 Å². The Morgan fingerprint density at radius 3 is 2.79 bits per heavy atom. The number of nitrogens with zero attached hydrogens (tertiary/aromatic N) is 2. The Morgan fingerprint density at radius 2 is 2.00 bits per heavy atom. The van der Waals surface area contributed by atoms with Crippen molar-refractivity contribution in [3.05, 3.63) is 36.0 Å². The largest absolute Gasteiger partial charge is 0.372 e. The van der Waals surface area contributed by atoms with Crippen LogP contribution in [0, 0.1) is 0 Å². The monoisotopic (exact) mass is 255 g/mol. The van der Waals surface area contributed by atoms with Gasteiger partial charge in [-0.25, -0.2) is 0 Å². The highest BCUT2D eigenvalue weighted by Crippen LogP contribution is 2.24. The van der Waals surface area contributed by atoms with Gasteiger partial charge in [0, 0.05) is 36.9 Å². The lowest BCUT2D eigenvalue weighted by Crippen LogP contribution is -2.29. The molecule has 2 heterocycles. The van der Waals surface area contributed by atoms with Crippen molar-refractivity contribution in [1.29, 1.82) is 0 Å². The molecule has 0 amide bonds. The summed E-state index contributed by atoms with van der Waals surface area (Å²) in [6.07, 6.45) is 5.96. The van der Waals surface area contributed by atoms with E-state index in [0.29, 0.717) is 0 Å². The van der Waals surface area contributed by atoms with Crippen LogP contribution < -0.4 is 10.2 Å². The first-order valence-corrected chi connectivity index (χ1v) is 7.15. The summed E-state index contributed by atoms with van der Waals surface area (Å²) in [6.45, 7) is 3.25. The average molecular weight is 255 g/mol. The third-order valence-electron chi connectivity index (χ3n) is 3.82. The van der Waals surface area contributed by atoms with E-state index in [-0.39, 0.29) is 0 Å². The molecule has 19 heavy (non-hydrogen) atoms. The fraction of sp³-hybridized carbons (Fsp3) is 0.438. The van der Waals surface area contributed by atoms with E-state index in [1.165, 1.54) is 49.0 Å². The minimum atomic E-state index is 0.872. The van der Waals surface area contributed by atoms with Crippen molar-refractivity contribution in [1.82, 2.24) is 10.3 Å². The summed E-state index contributed by atoms with van der Waals surface area (Å²) in [5.41, 5.74) is 3.67. The minimum Gasteiger partial charge on any atom is -0.372 e. The molecule has 1 N–H and O–H groups in total. The van der Waals surface area contributed by atoms with E-state index in [1.807, 2.05) is 13.2 Å². The van der Waals surface area contributed by atoms with Gasteiger partial charge in [0.05, 0.1) is 5.52 Å². The molecule has 1 saturated heterocycles. The second kappa shape index (κ2) is 5.57. The summed E-state index contributed by atoms with van der Waals surface area (Å²) in [5, 5.41) is 4.42. The number of hydrogen-bond donors (Lipinski definition) is 1. The van der Waals surface area contributed by atoms with Crippen LogP contribution in [0.3, 0.4) is 0 Å². The number of benzene rings is 1. The van der Waals surface area contributed by atoms with Crippen molar-refractivity contribution in [2.45, 2.75) is 25.8 Å². The number of hydrogen-bond acceptors (Lipinski definition) is 3. The van der Waals surface area contributed by atoms with Crippen molar-refractivity contribution in [2.24, 2.45) is 0 Å². The second-order valence-electron chi connectivity index (χ2n) is 5.30. The van der Waals surface area contributed by atoms with Crippen LogP contribution in [0.25, 0.3) is 10.9 Å². The zero-order valence-corrected chi connectivity index (χ0v) is 11.5. The highest BCUT2D eigenvalue weighted by molar-refractivity contribution is 5.83. The third-order valence-corrected chi connectivity index (χ3v) is 3.82. The van der Waals surface area contributed by atoms with E-state index in [9.17, 15) is 0 Å². The average Bonchev–Trinajstić information content (AvgIpc) is 2.48. The maximum atomic E-state index is 4.53. The van der Waals surface area contributed by atoms with E-state index in [1.54, 1.807) is 0 Å². The van der Waals surface area contributed by atoms with Crippen molar-refractivity contribution in [2.75, 3.05) is 25.0 Å². The van der Waals surface area contributed by atoms with Gasteiger partial charge in [-0.15, -0.1) is 0 Å². The quantitative estimate of drug-likeness (QED) is 0.914. The minimum absolute atomic E-state index is 0.872. The predicted molar refractivity (Wildman–Crippen MR) is 80.6 cm³/mol. The first kappa shape index (κ1) is 12.4. The number of fused-ring (bicyclic) bond motifs is 1. The molecule has 3 heteroatoms. The SMILES string of the molecule is CNCc1cnc2ccc(N3CCCCC3)cc2c1. The molecular formula is C16H21N3. The first-order valence-electron chi connectivity index (χ1n) is 7.15. The number of piperidine rings is 1. The lowest BCUT2D eigenvalue weighted by atomic mass is 10.1. The molecule has 100 valence electrons. The summed E-state index contributed by atoms with van der Waals surface area (Å²) >= 11 is 0.